The van der Waals surface area contributed by atoms with E-state index in [2.05, 4.69) is 56.0 Å². The first-order chi connectivity index (χ1) is 7.95. The Bertz CT molecular complexity index is 360. The molecule has 1 heterocycles. The molecular weight excluding hydrogens is 210 g/mol. The lowest BCUT2D eigenvalue weighted by Crippen LogP contribution is -2.31. The van der Waals surface area contributed by atoms with Gasteiger partial charge in [0.05, 0.1) is 0 Å². The van der Waals surface area contributed by atoms with Crippen LogP contribution in [0, 0.1) is 6.92 Å². The summed E-state index contributed by atoms with van der Waals surface area (Å²) in [6.07, 6.45) is 0. The number of nitrogens with zero attached hydrogens (tertiary/aromatic N) is 2. The lowest BCUT2D eigenvalue weighted by Gasteiger charge is -2.21. The Morgan fingerprint density at radius 1 is 1.18 bits per heavy atom. The average Bonchev–Trinajstić information content (AvgIpc) is 2.27. The maximum absolute atomic E-state index is 4.69. The molecule has 0 aliphatic carbocycles. The fraction of sp³-hybridized carbons (Fsp3) is 0.714. The van der Waals surface area contributed by atoms with Crippen LogP contribution in [-0.4, -0.2) is 22.6 Å². The van der Waals surface area contributed by atoms with Crippen molar-refractivity contribution in [3.8, 4) is 0 Å². The highest BCUT2D eigenvalue weighted by molar-refractivity contribution is 5.16. The van der Waals surface area contributed by atoms with Crippen molar-refractivity contribution >= 4 is 0 Å². The van der Waals surface area contributed by atoms with Gasteiger partial charge in [0, 0.05) is 29.3 Å². The standard InChI is InChI=1S/C14H25N3/c1-7-15-12(6)11(5)13-8-10(4)16-14(17-13)9(2)3/h8-9,11-12,15H,7H2,1-6H3. The van der Waals surface area contributed by atoms with Crippen LogP contribution in [-0.2, 0) is 0 Å². The number of hydrogen-bond donors (Lipinski definition) is 1. The van der Waals surface area contributed by atoms with Gasteiger partial charge in [0.2, 0.25) is 0 Å². The summed E-state index contributed by atoms with van der Waals surface area (Å²) in [4.78, 5) is 9.17. The Hall–Kier alpha value is -0.960. The number of nitrogens with one attached hydrogen (secondary N) is 1. The third kappa shape index (κ3) is 3.77. The lowest BCUT2D eigenvalue weighted by atomic mass is 9.98. The van der Waals surface area contributed by atoms with Crippen LogP contribution < -0.4 is 5.32 Å². The average molecular weight is 235 g/mol. The number of likely N-dealkylation sites (N-methyl/N-ethyl adjacent to an activating group) is 1. The summed E-state index contributed by atoms with van der Waals surface area (Å²) in [5.74, 6) is 1.75. The zero-order chi connectivity index (χ0) is 13.0. The van der Waals surface area contributed by atoms with Gasteiger partial charge in [-0.15, -0.1) is 0 Å². The number of aromatic nitrogens is 2. The molecule has 0 spiro atoms. The fourth-order valence-corrected chi connectivity index (χ4v) is 1.86. The monoisotopic (exact) mass is 235 g/mol. The molecule has 96 valence electrons. The Morgan fingerprint density at radius 3 is 2.35 bits per heavy atom. The zero-order valence-electron chi connectivity index (χ0n) is 11.9. The summed E-state index contributed by atoms with van der Waals surface area (Å²) in [6, 6.07) is 2.54. The number of rotatable bonds is 5. The SMILES string of the molecule is CCNC(C)C(C)c1cc(C)nc(C(C)C)n1. The number of hydrogen-bond acceptors (Lipinski definition) is 3. The van der Waals surface area contributed by atoms with Gasteiger partial charge in [0.25, 0.3) is 0 Å². The van der Waals surface area contributed by atoms with E-state index >= 15 is 0 Å². The highest BCUT2D eigenvalue weighted by Gasteiger charge is 2.16. The first-order valence-electron chi connectivity index (χ1n) is 6.54. The first-order valence-corrected chi connectivity index (χ1v) is 6.54. The van der Waals surface area contributed by atoms with Crippen molar-refractivity contribution in [2.24, 2.45) is 0 Å². The van der Waals surface area contributed by atoms with Gasteiger partial charge in [0.1, 0.15) is 5.82 Å². The molecule has 1 aromatic heterocycles. The topological polar surface area (TPSA) is 37.8 Å². The second-order valence-corrected chi connectivity index (χ2v) is 5.08. The molecule has 0 radical (unpaired) electrons. The van der Waals surface area contributed by atoms with E-state index < -0.39 is 0 Å². The van der Waals surface area contributed by atoms with E-state index in [4.69, 9.17) is 0 Å². The highest BCUT2D eigenvalue weighted by Crippen LogP contribution is 2.20. The molecule has 0 saturated carbocycles. The van der Waals surface area contributed by atoms with Gasteiger partial charge >= 0.3 is 0 Å². The molecule has 0 aliphatic heterocycles. The lowest BCUT2D eigenvalue weighted by molar-refractivity contribution is 0.484. The molecule has 2 unspecified atom stereocenters. The van der Waals surface area contributed by atoms with Crippen LogP contribution in [0.5, 0.6) is 0 Å². The van der Waals surface area contributed by atoms with E-state index in [-0.39, 0.29) is 0 Å². The first kappa shape index (κ1) is 14.1. The van der Waals surface area contributed by atoms with E-state index in [9.17, 15) is 0 Å². The van der Waals surface area contributed by atoms with E-state index in [1.54, 1.807) is 0 Å². The molecule has 0 saturated heterocycles. The molecule has 0 amide bonds. The highest BCUT2D eigenvalue weighted by atomic mass is 14.9. The Kier molecular flexibility index (Phi) is 5.06. The zero-order valence-corrected chi connectivity index (χ0v) is 11.9. The largest absolute Gasteiger partial charge is 0.314 e. The van der Waals surface area contributed by atoms with E-state index in [0.29, 0.717) is 17.9 Å². The van der Waals surface area contributed by atoms with Gasteiger partial charge in [-0.2, -0.15) is 0 Å². The molecule has 2 atom stereocenters. The minimum absolute atomic E-state index is 0.385. The maximum Gasteiger partial charge on any atom is 0.131 e. The Morgan fingerprint density at radius 2 is 1.82 bits per heavy atom. The third-order valence-corrected chi connectivity index (χ3v) is 3.15. The normalized spacial score (nSPS) is 15.0. The van der Waals surface area contributed by atoms with Crippen molar-refractivity contribution in [1.29, 1.82) is 0 Å². The van der Waals surface area contributed by atoms with Crippen LogP contribution in [0.2, 0.25) is 0 Å². The summed E-state index contributed by atoms with van der Waals surface area (Å²) in [7, 11) is 0. The summed E-state index contributed by atoms with van der Waals surface area (Å²) in [5.41, 5.74) is 2.21. The molecule has 0 fully saturated rings. The van der Waals surface area contributed by atoms with Crippen LogP contribution in [0.1, 0.15) is 63.7 Å². The van der Waals surface area contributed by atoms with Crippen molar-refractivity contribution in [3.05, 3.63) is 23.3 Å². The van der Waals surface area contributed by atoms with Crippen molar-refractivity contribution in [2.45, 2.75) is 59.4 Å². The molecule has 1 rings (SSSR count). The van der Waals surface area contributed by atoms with Crippen molar-refractivity contribution in [2.75, 3.05) is 6.54 Å². The van der Waals surface area contributed by atoms with E-state index in [0.717, 1.165) is 23.8 Å². The van der Waals surface area contributed by atoms with Crippen LogP contribution in [0.3, 0.4) is 0 Å². The van der Waals surface area contributed by atoms with E-state index in [1.165, 1.54) is 0 Å². The van der Waals surface area contributed by atoms with E-state index in [1.807, 2.05) is 6.92 Å². The van der Waals surface area contributed by atoms with Crippen LogP contribution >= 0.6 is 0 Å². The van der Waals surface area contributed by atoms with Crippen LogP contribution in [0.4, 0.5) is 0 Å². The molecule has 3 heteroatoms. The summed E-state index contributed by atoms with van der Waals surface area (Å²) < 4.78 is 0. The Balaban J connectivity index is 2.96. The van der Waals surface area contributed by atoms with Crippen LogP contribution in [0.25, 0.3) is 0 Å². The second-order valence-electron chi connectivity index (χ2n) is 5.08. The molecule has 1 N–H and O–H groups in total. The van der Waals surface area contributed by atoms with Crippen molar-refractivity contribution in [1.82, 2.24) is 15.3 Å². The molecular formula is C14H25N3. The van der Waals surface area contributed by atoms with Crippen molar-refractivity contribution in [3.63, 3.8) is 0 Å². The van der Waals surface area contributed by atoms with Crippen LogP contribution in [0.15, 0.2) is 6.07 Å². The van der Waals surface area contributed by atoms with Gasteiger partial charge in [-0.1, -0.05) is 27.7 Å². The van der Waals surface area contributed by atoms with Gasteiger partial charge in [-0.3, -0.25) is 0 Å². The minimum atomic E-state index is 0.385. The smallest absolute Gasteiger partial charge is 0.131 e. The fourth-order valence-electron chi connectivity index (χ4n) is 1.86. The molecule has 3 nitrogen and oxygen atoms in total. The summed E-state index contributed by atoms with van der Waals surface area (Å²) in [5, 5.41) is 3.45. The third-order valence-electron chi connectivity index (χ3n) is 3.15. The molecule has 0 aliphatic rings. The Labute approximate surface area is 105 Å². The molecule has 17 heavy (non-hydrogen) atoms. The number of aryl methyl sites for hydroxylation is 1. The summed E-state index contributed by atoms with van der Waals surface area (Å²) >= 11 is 0. The quantitative estimate of drug-likeness (QED) is 0.852. The molecule has 1 aromatic rings. The van der Waals surface area contributed by atoms with Gasteiger partial charge in [-0.25, -0.2) is 9.97 Å². The van der Waals surface area contributed by atoms with Crippen molar-refractivity contribution < 1.29 is 0 Å². The summed E-state index contributed by atoms with van der Waals surface area (Å²) in [6.45, 7) is 13.9. The predicted octanol–water partition coefficient (Wildman–Crippen LogP) is 3.01. The van der Waals surface area contributed by atoms with Gasteiger partial charge < -0.3 is 5.32 Å². The van der Waals surface area contributed by atoms with Gasteiger partial charge in [-0.05, 0) is 26.5 Å². The van der Waals surface area contributed by atoms with Gasteiger partial charge in [0.15, 0.2) is 0 Å². The second kappa shape index (κ2) is 6.10. The molecule has 0 bridgehead atoms. The maximum atomic E-state index is 4.69. The predicted molar refractivity (Wildman–Crippen MR) is 72.4 cm³/mol. The molecule has 0 aromatic carbocycles. The minimum Gasteiger partial charge on any atom is -0.314 e.